The first-order chi connectivity index (χ1) is 13.5. The number of anilines is 1. The maximum absolute atomic E-state index is 12.5. The number of imidazole rings is 1. The fraction of sp³-hybridized carbons (Fsp3) is 0.136. The van der Waals surface area contributed by atoms with Crippen molar-refractivity contribution < 1.29 is 9.53 Å². The van der Waals surface area contributed by atoms with Gasteiger partial charge in [-0.1, -0.05) is 12.1 Å². The zero-order valence-electron chi connectivity index (χ0n) is 15.9. The number of carbonyl (C=O) groups excluding carboxylic acids is 1. The highest BCUT2D eigenvalue weighted by molar-refractivity contribution is 6.04. The number of amides is 1. The Morgan fingerprint density at radius 1 is 1.00 bits per heavy atom. The minimum atomic E-state index is -0.215. The molecule has 0 unspecified atom stereocenters. The maximum atomic E-state index is 12.5. The molecular weight excluding hydrogens is 352 g/mol. The number of hydrogen-bond donors (Lipinski definition) is 1. The highest BCUT2D eigenvalue weighted by atomic mass is 16.5. The van der Waals surface area contributed by atoms with Crippen LogP contribution in [-0.4, -0.2) is 27.6 Å². The van der Waals surface area contributed by atoms with Crippen molar-refractivity contribution >= 4 is 22.5 Å². The molecule has 0 aliphatic carbocycles. The predicted octanol–water partition coefficient (Wildman–Crippen LogP) is 4.20. The molecule has 0 saturated heterocycles. The van der Waals surface area contributed by atoms with Gasteiger partial charge in [0.05, 0.1) is 19.0 Å². The number of nitrogens with zero attached hydrogens (tertiary/aromatic N) is 3. The van der Waals surface area contributed by atoms with Gasteiger partial charge in [-0.15, -0.1) is 0 Å². The number of aromatic nitrogens is 3. The molecule has 0 atom stereocenters. The minimum Gasteiger partial charge on any atom is -0.497 e. The molecule has 0 radical (unpaired) electrons. The zero-order valence-corrected chi connectivity index (χ0v) is 15.9. The lowest BCUT2D eigenvalue weighted by atomic mass is 10.1. The Morgan fingerprint density at radius 3 is 2.46 bits per heavy atom. The number of ether oxygens (including phenoxy) is 1. The summed E-state index contributed by atoms with van der Waals surface area (Å²) in [5.74, 6) is 1.95. The van der Waals surface area contributed by atoms with Gasteiger partial charge in [0.25, 0.3) is 5.91 Å². The number of methoxy groups -OCH3 is 1. The molecule has 4 rings (SSSR count). The molecule has 1 amide bonds. The molecule has 2 heterocycles. The normalized spacial score (nSPS) is 10.8. The molecule has 6 nitrogen and oxygen atoms in total. The van der Waals surface area contributed by atoms with Crippen LogP contribution in [0.5, 0.6) is 5.75 Å². The minimum absolute atomic E-state index is 0.215. The van der Waals surface area contributed by atoms with Gasteiger partial charge in [0, 0.05) is 29.8 Å². The first-order valence-corrected chi connectivity index (χ1v) is 8.89. The van der Waals surface area contributed by atoms with Crippen LogP contribution in [0, 0.1) is 6.92 Å². The fourth-order valence-electron chi connectivity index (χ4n) is 3.07. The number of pyridine rings is 1. The van der Waals surface area contributed by atoms with Crippen molar-refractivity contribution in [3.05, 3.63) is 72.3 Å². The number of rotatable bonds is 4. The SMILES string of the molecule is COc1ccc(C(=O)Nc2cc3cc(-c4cnc(C)n4C)ccc3cn2)cc1. The van der Waals surface area contributed by atoms with Crippen LogP contribution in [0.4, 0.5) is 5.82 Å². The first kappa shape index (κ1) is 17.7. The Labute approximate surface area is 162 Å². The van der Waals surface area contributed by atoms with Gasteiger partial charge < -0.3 is 14.6 Å². The average molecular weight is 372 g/mol. The monoisotopic (exact) mass is 372 g/mol. The van der Waals surface area contributed by atoms with E-state index in [-0.39, 0.29) is 5.91 Å². The third-order valence-electron chi connectivity index (χ3n) is 4.83. The summed E-state index contributed by atoms with van der Waals surface area (Å²) in [6.07, 6.45) is 3.63. The average Bonchev–Trinajstić information content (AvgIpc) is 3.06. The molecule has 0 fully saturated rings. The van der Waals surface area contributed by atoms with Crippen molar-refractivity contribution in [2.45, 2.75) is 6.92 Å². The summed E-state index contributed by atoms with van der Waals surface area (Å²) in [4.78, 5) is 21.2. The maximum Gasteiger partial charge on any atom is 0.256 e. The van der Waals surface area contributed by atoms with E-state index in [0.29, 0.717) is 17.1 Å². The standard InChI is InChI=1S/C22H20N4O2/c1-14-23-13-20(26(14)2)16-4-5-17-12-24-21(11-18(17)10-16)25-22(27)15-6-8-19(28-3)9-7-15/h4-13H,1-3H3,(H,24,25,27). The van der Waals surface area contributed by atoms with E-state index in [2.05, 4.69) is 32.0 Å². The van der Waals surface area contributed by atoms with E-state index in [1.54, 1.807) is 37.6 Å². The van der Waals surface area contributed by atoms with Gasteiger partial charge in [-0.2, -0.15) is 0 Å². The molecular formula is C22H20N4O2. The van der Waals surface area contributed by atoms with Gasteiger partial charge >= 0.3 is 0 Å². The van der Waals surface area contributed by atoms with E-state index < -0.39 is 0 Å². The van der Waals surface area contributed by atoms with E-state index in [1.807, 2.05) is 32.3 Å². The summed E-state index contributed by atoms with van der Waals surface area (Å²) in [5, 5.41) is 4.86. The molecule has 28 heavy (non-hydrogen) atoms. The molecule has 140 valence electrons. The van der Waals surface area contributed by atoms with Gasteiger partial charge in [0.1, 0.15) is 17.4 Å². The lowest BCUT2D eigenvalue weighted by Crippen LogP contribution is -2.12. The topological polar surface area (TPSA) is 69.0 Å². The van der Waals surface area contributed by atoms with Crippen LogP contribution >= 0.6 is 0 Å². The van der Waals surface area contributed by atoms with Gasteiger partial charge in [-0.05, 0) is 48.7 Å². The third kappa shape index (κ3) is 3.32. The van der Waals surface area contributed by atoms with Crippen molar-refractivity contribution in [2.75, 3.05) is 12.4 Å². The lowest BCUT2D eigenvalue weighted by Gasteiger charge is -2.08. The van der Waals surface area contributed by atoms with Gasteiger partial charge in [0.15, 0.2) is 0 Å². The van der Waals surface area contributed by atoms with Crippen molar-refractivity contribution in [3.8, 4) is 17.0 Å². The smallest absolute Gasteiger partial charge is 0.256 e. The lowest BCUT2D eigenvalue weighted by molar-refractivity contribution is 0.102. The van der Waals surface area contributed by atoms with Gasteiger partial charge in [-0.3, -0.25) is 4.79 Å². The number of carbonyl (C=O) groups is 1. The number of nitrogens with one attached hydrogen (secondary N) is 1. The molecule has 2 aromatic carbocycles. The van der Waals surface area contributed by atoms with Crippen LogP contribution in [0.3, 0.4) is 0 Å². The van der Waals surface area contributed by atoms with Crippen LogP contribution < -0.4 is 10.1 Å². The predicted molar refractivity (Wildman–Crippen MR) is 110 cm³/mol. The zero-order chi connectivity index (χ0) is 19.7. The Hall–Kier alpha value is -3.67. The summed E-state index contributed by atoms with van der Waals surface area (Å²) in [6, 6.07) is 15.0. The van der Waals surface area contributed by atoms with Crippen LogP contribution in [0.1, 0.15) is 16.2 Å². The molecule has 0 aliphatic heterocycles. The van der Waals surface area contributed by atoms with Crippen LogP contribution in [0.15, 0.2) is 60.9 Å². The van der Waals surface area contributed by atoms with Crippen molar-refractivity contribution in [1.82, 2.24) is 14.5 Å². The molecule has 0 bridgehead atoms. The molecule has 2 aromatic heterocycles. The van der Waals surface area contributed by atoms with Crippen LogP contribution in [0.25, 0.3) is 22.0 Å². The molecule has 0 spiro atoms. The van der Waals surface area contributed by atoms with E-state index in [0.717, 1.165) is 27.9 Å². The number of hydrogen-bond acceptors (Lipinski definition) is 4. The third-order valence-corrected chi connectivity index (χ3v) is 4.83. The first-order valence-electron chi connectivity index (χ1n) is 8.89. The van der Waals surface area contributed by atoms with Crippen LogP contribution in [0.2, 0.25) is 0 Å². The van der Waals surface area contributed by atoms with Gasteiger partial charge in [0.2, 0.25) is 0 Å². The largest absolute Gasteiger partial charge is 0.497 e. The highest BCUT2D eigenvalue weighted by Gasteiger charge is 2.10. The number of aryl methyl sites for hydroxylation is 1. The summed E-state index contributed by atoms with van der Waals surface area (Å²) < 4.78 is 7.17. The Bertz CT molecular complexity index is 1160. The second kappa shape index (κ2) is 7.15. The molecule has 6 heteroatoms. The molecule has 0 aliphatic rings. The second-order valence-electron chi connectivity index (χ2n) is 6.56. The quantitative estimate of drug-likeness (QED) is 0.583. The number of benzene rings is 2. The molecule has 0 saturated carbocycles. The van der Waals surface area contributed by atoms with Crippen LogP contribution in [-0.2, 0) is 7.05 Å². The van der Waals surface area contributed by atoms with E-state index in [9.17, 15) is 4.79 Å². The molecule has 1 N–H and O–H groups in total. The Morgan fingerprint density at radius 2 is 1.79 bits per heavy atom. The Kier molecular flexibility index (Phi) is 4.53. The summed E-state index contributed by atoms with van der Waals surface area (Å²) in [6.45, 7) is 1.97. The van der Waals surface area contributed by atoms with Gasteiger partial charge in [-0.25, -0.2) is 9.97 Å². The number of fused-ring (bicyclic) bond motifs is 1. The van der Waals surface area contributed by atoms with Crippen molar-refractivity contribution in [3.63, 3.8) is 0 Å². The highest BCUT2D eigenvalue weighted by Crippen LogP contribution is 2.26. The summed E-state index contributed by atoms with van der Waals surface area (Å²) in [5.41, 5.74) is 2.65. The van der Waals surface area contributed by atoms with E-state index >= 15 is 0 Å². The second-order valence-corrected chi connectivity index (χ2v) is 6.56. The molecule has 4 aromatic rings. The van der Waals surface area contributed by atoms with Crippen molar-refractivity contribution in [1.29, 1.82) is 0 Å². The summed E-state index contributed by atoms with van der Waals surface area (Å²) >= 11 is 0. The Balaban J connectivity index is 1.62. The van der Waals surface area contributed by atoms with E-state index in [1.165, 1.54) is 0 Å². The fourth-order valence-corrected chi connectivity index (χ4v) is 3.07. The van der Waals surface area contributed by atoms with E-state index in [4.69, 9.17) is 4.74 Å². The summed E-state index contributed by atoms with van der Waals surface area (Å²) in [7, 11) is 3.59. The van der Waals surface area contributed by atoms with Crippen molar-refractivity contribution in [2.24, 2.45) is 7.05 Å².